The van der Waals surface area contributed by atoms with E-state index in [4.69, 9.17) is 4.74 Å². The van der Waals surface area contributed by atoms with Crippen LogP contribution in [0.5, 0.6) is 0 Å². The molecule has 5 N–H and O–H groups in total. The zero-order valence-corrected chi connectivity index (χ0v) is 15.8. The lowest BCUT2D eigenvalue weighted by atomic mass is 9.94. The van der Waals surface area contributed by atoms with Crippen molar-refractivity contribution in [1.82, 2.24) is 4.31 Å². The fraction of sp³-hybridized carbons (Fsp3) is 0.588. The summed E-state index contributed by atoms with van der Waals surface area (Å²) in [7, 11) is -3.67. The van der Waals surface area contributed by atoms with Gasteiger partial charge in [-0.2, -0.15) is 4.31 Å². The first-order chi connectivity index (χ1) is 13.3. The van der Waals surface area contributed by atoms with Crippen LogP contribution < -0.4 is 5.32 Å². The minimum absolute atomic E-state index is 0.0287. The summed E-state index contributed by atoms with van der Waals surface area (Å²) in [6.45, 7) is 0.242. The zero-order chi connectivity index (χ0) is 20.5. The number of hydrogen-bond donors (Lipinski definition) is 5. The second-order valence-corrected chi connectivity index (χ2v) is 8.82. The van der Waals surface area contributed by atoms with E-state index in [1.54, 1.807) is 0 Å². The molecule has 10 nitrogen and oxygen atoms in total. The smallest absolute Gasteiger partial charge is 0.256 e. The molecule has 11 heteroatoms. The van der Waals surface area contributed by atoms with Gasteiger partial charge in [0.05, 0.1) is 11.5 Å². The molecule has 0 radical (unpaired) electrons. The van der Waals surface area contributed by atoms with Crippen LogP contribution >= 0.6 is 0 Å². The van der Waals surface area contributed by atoms with E-state index in [0.717, 1.165) is 12.8 Å². The lowest BCUT2D eigenvalue weighted by Crippen LogP contribution is -2.61. The summed E-state index contributed by atoms with van der Waals surface area (Å²) >= 11 is 0. The van der Waals surface area contributed by atoms with E-state index in [2.05, 4.69) is 5.32 Å². The molecule has 0 spiro atoms. The van der Waals surface area contributed by atoms with E-state index >= 15 is 0 Å². The van der Waals surface area contributed by atoms with Crippen molar-refractivity contribution < 1.29 is 38.4 Å². The zero-order valence-electron chi connectivity index (χ0n) is 15.0. The molecule has 2 saturated heterocycles. The summed E-state index contributed by atoms with van der Waals surface area (Å²) in [6, 6.07) is 5.68. The largest absolute Gasteiger partial charge is 0.394 e. The molecule has 5 atom stereocenters. The van der Waals surface area contributed by atoms with Gasteiger partial charge in [0.25, 0.3) is 5.91 Å². The number of amides is 1. The third kappa shape index (κ3) is 4.06. The second-order valence-electron chi connectivity index (χ2n) is 6.88. The van der Waals surface area contributed by atoms with E-state index in [1.165, 1.54) is 28.6 Å². The Morgan fingerprint density at radius 1 is 1.14 bits per heavy atom. The number of ether oxygens (including phenoxy) is 1. The van der Waals surface area contributed by atoms with Crippen LogP contribution in [-0.2, 0) is 19.6 Å². The van der Waals surface area contributed by atoms with Crippen LogP contribution in [0.4, 0.5) is 5.69 Å². The Kier molecular flexibility index (Phi) is 6.34. The highest BCUT2D eigenvalue weighted by molar-refractivity contribution is 7.89. The highest BCUT2D eigenvalue weighted by Crippen LogP contribution is 2.25. The second kappa shape index (κ2) is 8.41. The van der Waals surface area contributed by atoms with Crippen LogP contribution in [-0.4, -0.2) is 89.3 Å². The van der Waals surface area contributed by atoms with Crippen molar-refractivity contribution in [3.63, 3.8) is 0 Å². The van der Waals surface area contributed by atoms with Gasteiger partial charge >= 0.3 is 0 Å². The number of aliphatic hydroxyl groups excluding tert-OH is 4. The predicted octanol–water partition coefficient (Wildman–Crippen LogP) is -1.75. The monoisotopic (exact) mass is 416 g/mol. The number of rotatable bonds is 5. The van der Waals surface area contributed by atoms with Crippen LogP contribution in [0.15, 0.2) is 29.2 Å². The number of anilines is 1. The maximum Gasteiger partial charge on any atom is 0.256 e. The van der Waals surface area contributed by atoms with Crippen LogP contribution in [0, 0.1) is 0 Å². The van der Waals surface area contributed by atoms with Gasteiger partial charge in [0.15, 0.2) is 6.10 Å². The van der Waals surface area contributed by atoms with Crippen molar-refractivity contribution in [1.29, 1.82) is 0 Å². The number of carbonyl (C=O) groups is 1. The normalized spacial score (nSPS) is 31.6. The molecule has 2 heterocycles. The van der Waals surface area contributed by atoms with Gasteiger partial charge in [-0.1, -0.05) is 6.07 Å². The fourth-order valence-electron chi connectivity index (χ4n) is 3.34. The quantitative estimate of drug-likeness (QED) is 0.378. The van der Waals surface area contributed by atoms with Gasteiger partial charge in [0.1, 0.15) is 24.4 Å². The van der Waals surface area contributed by atoms with E-state index in [-0.39, 0.29) is 10.6 Å². The summed E-state index contributed by atoms with van der Waals surface area (Å²) in [5.41, 5.74) is 0.169. The summed E-state index contributed by atoms with van der Waals surface area (Å²) in [5.74, 6) is -0.840. The Hall–Kier alpha value is -1.60. The van der Waals surface area contributed by atoms with Gasteiger partial charge in [-0.25, -0.2) is 8.42 Å². The van der Waals surface area contributed by atoms with Gasteiger partial charge in [-0.15, -0.1) is 0 Å². The number of hydrogen-bond acceptors (Lipinski definition) is 8. The molecule has 0 unspecified atom stereocenters. The molecule has 2 fully saturated rings. The van der Waals surface area contributed by atoms with E-state index < -0.39 is 53.1 Å². The molecule has 0 aromatic heterocycles. The van der Waals surface area contributed by atoms with Gasteiger partial charge in [0.2, 0.25) is 10.0 Å². The molecule has 1 amide bonds. The molecular formula is C17H24N2O8S. The SMILES string of the molecule is O=C(Nc1cccc(S(=O)(=O)N2CCCC2)c1)[C@@H]1O[C@H](CO)[C@H](O)[C@H](O)[C@H]1O. The number of sulfonamides is 1. The number of aliphatic hydroxyl groups is 4. The topological polar surface area (TPSA) is 157 Å². The Bertz CT molecular complexity index is 809. The van der Waals surface area contributed by atoms with Crippen molar-refractivity contribution >= 4 is 21.6 Å². The average Bonchev–Trinajstić information content (AvgIpc) is 3.22. The summed E-state index contributed by atoms with van der Waals surface area (Å²) in [4.78, 5) is 12.5. The van der Waals surface area contributed by atoms with E-state index in [9.17, 15) is 33.6 Å². The van der Waals surface area contributed by atoms with Gasteiger partial charge in [-0.05, 0) is 31.0 Å². The first-order valence-corrected chi connectivity index (χ1v) is 10.4. The van der Waals surface area contributed by atoms with Gasteiger partial charge in [-0.3, -0.25) is 4.79 Å². The standard InChI is InChI=1S/C17H24N2O8S/c20-9-12-13(21)14(22)15(23)16(27-12)17(24)18-10-4-3-5-11(8-10)28(25,26)19-6-1-2-7-19/h3-5,8,12-16,20-23H,1-2,6-7,9H2,(H,18,24)/t12-,13+,14+,15-,16-/m1/s1. The highest BCUT2D eigenvalue weighted by atomic mass is 32.2. The number of nitrogens with zero attached hydrogens (tertiary/aromatic N) is 1. The minimum atomic E-state index is -3.67. The van der Waals surface area contributed by atoms with Crippen LogP contribution in [0.3, 0.4) is 0 Å². The molecule has 0 aliphatic carbocycles. The molecular weight excluding hydrogens is 392 g/mol. The first kappa shape index (κ1) is 21.1. The summed E-state index contributed by atoms with van der Waals surface area (Å²) in [5, 5.41) is 41.2. The van der Waals surface area contributed by atoms with Gasteiger partial charge < -0.3 is 30.5 Å². The van der Waals surface area contributed by atoms with Crippen molar-refractivity contribution in [3.05, 3.63) is 24.3 Å². The highest BCUT2D eigenvalue weighted by Gasteiger charge is 2.46. The first-order valence-electron chi connectivity index (χ1n) is 8.97. The van der Waals surface area contributed by atoms with Crippen molar-refractivity contribution in [2.75, 3.05) is 25.0 Å². The number of nitrogens with one attached hydrogen (secondary N) is 1. The molecule has 1 aromatic rings. The molecule has 28 heavy (non-hydrogen) atoms. The Labute approximate surface area is 162 Å². The molecule has 0 saturated carbocycles. The lowest BCUT2D eigenvalue weighted by molar-refractivity contribution is -0.224. The minimum Gasteiger partial charge on any atom is -0.394 e. The maximum atomic E-state index is 12.6. The molecule has 2 aliphatic heterocycles. The Morgan fingerprint density at radius 2 is 1.82 bits per heavy atom. The van der Waals surface area contributed by atoms with Crippen molar-refractivity contribution in [2.45, 2.75) is 48.3 Å². The molecule has 3 rings (SSSR count). The molecule has 2 aliphatic rings. The van der Waals surface area contributed by atoms with Gasteiger partial charge in [0, 0.05) is 18.8 Å². The van der Waals surface area contributed by atoms with Crippen molar-refractivity contribution in [2.24, 2.45) is 0 Å². The summed E-state index contributed by atoms with van der Waals surface area (Å²) < 4.78 is 31.9. The molecule has 0 bridgehead atoms. The third-order valence-corrected chi connectivity index (χ3v) is 6.85. The number of carbonyl (C=O) groups excluding carboxylic acids is 1. The Morgan fingerprint density at radius 3 is 2.46 bits per heavy atom. The predicted molar refractivity (Wildman–Crippen MR) is 96.8 cm³/mol. The third-order valence-electron chi connectivity index (χ3n) is 4.96. The van der Waals surface area contributed by atoms with Crippen LogP contribution in [0.1, 0.15) is 12.8 Å². The van der Waals surface area contributed by atoms with E-state index in [1.807, 2.05) is 0 Å². The molecule has 156 valence electrons. The van der Waals surface area contributed by atoms with Crippen LogP contribution in [0.25, 0.3) is 0 Å². The maximum absolute atomic E-state index is 12.6. The fourth-order valence-corrected chi connectivity index (χ4v) is 4.91. The lowest BCUT2D eigenvalue weighted by Gasteiger charge is -2.39. The molecule has 1 aromatic carbocycles. The number of benzene rings is 1. The average molecular weight is 416 g/mol. The summed E-state index contributed by atoms with van der Waals surface area (Å²) in [6.07, 6.45) is -6.12. The van der Waals surface area contributed by atoms with Crippen molar-refractivity contribution in [3.8, 4) is 0 Å². The Balaban J connectivity index is 1.76. The van der Waals surface area contributed by atoms with Crippen LogP contribution in [0.2, 0.25) is 0 Å². The van der Waals surface area contributed by atoms with E-state index in [0.29, 0.717) is 13.1 Å².